The number of fused-ring (bicyclic) bond motifs is 1. The van der Waals surface area contributed by atoms with E-state index < -0.39 is 0 Å². The molecule has 0 aliphatic carbocycles. The van der Waals surface area contributed by atoms with E-state index in [9.17, 15) is 9.59 Å². The molecule has 0 saturated carbocycles. The average molecular weight is 301 g/mol. The lowest BCUT2D eigenvalue weighted by Gasteiger charge is -2.14. The Kier molecular flexibility index (Phi) is 3.73. The fourth-order valence-electron chi connectivity index (χ4n) is 2.34. The Morgan fingerprint density at radius 2 is 1.62 bits per heavy atom. The molecule has 0 bridgehead atoms. The largest absolute Gasteiger partial charge is 0.295 e. The predicted molar refractivity (Wildman–Crippen MR) is 80.1 cm³/mol. The van der Waals surface area contributed by atoms with E-state index in [0.717, 1.165) is 5.56 Å². The molecule has 3 rings (SSSR count). The van der Waals surface area contributed by atoms with Crippen LogP contribution in [-0.4, -0.2) is 23.4 Å². The molecule has 1 aliphatic heterocycles. The number of carbonyl (C=O) groups is 2. The highest BCUT2D eigenvalue weighted by Crippen LogP contribution is 2.21. The van der Waals surface area contributed by atoms with Crippen molar-refractivity contribution in [1.82, 2.24) is 10.2 Å². The molecule has 4 nitrogen and oxygen atoms in total. The van der Waals surface area contributed by atoms with Crippen molar-refractivity contribution < 1.29 is 9.59 Å². The van der Waals surface area contributed by atoms with Crippen molar-refractivity contribution in [2.24, 2.45) is 0 Å². The van der Waals surface area contributed by atoms with Crippen molar-refractivity contribution in [2.75, 3.05) is 6.67 Å². The van der Waals surface area contributed by atoms with Gasteiger partial charge in [-0.25, -0.2) is 0 Å². The first-order valence-electron chi connectivity index (χ1n) is 6.57. The van der Waals surface area contributed by atoms with Gasteiger partial charge in [-0.3, -0.25) is 19.8 Å². The zero-order valence-electron chi connectivity index (χ0n) is 11.2. The van der Waals surface area contributed by atoms with Crippen LogP contribution < -0.4 is 5.32 Å². The second-order valence-electron chi connectivity index (χ2n) is 4.80. The summed E-state index contributed by atoms with van der Waals surface area (Å²) in [6.45, 7) is 0.715. The highest BCUT2D eigenvalue weighted by atomic mass is 35.5. The summed E-state index contributed by atoms with van der Waals surface area (Å²) in [4.78, 5) is 25.5. The summed E-state index contributed by atoms with van der Waals surface area (Å²) in [6.07, 6.45) is 0. The molecule has 5 heteroatoms. The second kappa shape index (κ2) is 5.68. The maximum absolute atomic E-state index is 12.1. The highest BCUT2D eigenvalue weighted by molar-refractivity contribution is 6.30. The van der Waals surface area contributed by atoms with Crippen LogP contribution in [0.3, 0.4) is 0 Å². The summed E-state index contributed by atoms with van der Waals surface area (Å²) < 4.78 is 0. The van der Waals surface area contributed by atoms with Gasteiger partial charge in [-0.15, -0.1) is 0 Å². The standard InChI is InChI=1S/C16H13ClN2O2/c17-12-5-3-4-11(8-12)9-18-10-19-15(20)13-6-1-2-7-14(13)16(19)21/h1-8,18H,9-10H2. The Labute approximate surface area is 127 Å². The van der Waals surface area contributed by atoms with Crippen LogP contribution in [0.5, 0.6) is 0 Å². The maximum atomic E-state index is 12.1. The van der Waals surface area contributed by atoms with Gasteiger partial charge in [-0.2, -0.15) is 0 Å². The van der Waals surface area contributed by atoms with Crippen molar-refractivity contribution >= 4 is 23.4 Å². The van der Waals surface area contributed by atoms with Gasteiger partial charge in [0.25, 0.3) is 11.8 Å². The zero-order valence-corrected chi connectivity index (χ0v) is 11.9. The number of hydrogen-bond acceptors (Lipinski definition) is 3. The molecule has 21 heavy (non-hydrogen) atoms. The zero-order chi connectivity index (χ0) is 14.8. The number of benzene rings is 2. The molecule has 2 aromatic rings. The fraction of sp³-hybridized carbons (Fsp3) is 0.125. The highest BCUT2D eigenvalue weighted by Gasteiger charge is 2.34. The third-order valence-electron chi connectivity index (χ3n) is 3.37. The summed E-state index contributed by atoms with van der Waals surface area (Å²) in [7, 11) is 0. The van der Waals surface area contributed by atoms with Gasteiger partial charge in [0, 0.05) is 11.6 Å². The van der Waals surface area contributed by atoms with Crippen molar-refractivity contribution in [3.63, 3.8) is 0 Å². The van der Waals surface area contributed by atoms with Crippen molar-refractivity contribution in [2.45, 2.75) is 6.54 Å². The molecule has 0 saturated heterocycles. The average Bonchev–Trinajstić information content (AvgIpc) is 2.73. The van der Waals surface area contributed by atoms with E-state index in [0.29, 0.717) is 22.7 Å². The van der Waals surface area contributed by atoms with E-state index in [1.807, 2.05) is 18.2 Å². The van der Waals surface area contributed by atoms with Crippen molar-refractivity contribution in [1.29, 1.82) is 0 Å². The molecule has 0 radical (unpaired) electrons. The summed E-state index contributed by atoms with van der Waals surface area (Å²) in [5, 5.41) is 3.75. The van der Waals surface area contributed by atoms with Gasteiger partial charge in [0.1, 0.15) is 0 Å². The smallest absolute Gasteiger partial charge is 0.262 e. The molecule has 0 aromatic heterocycles. The lowest BCUT2D eigenvalue weighted by atomic mass is 10.1. The number of hydrogen-bond donors (Lipinski definition) is 1. The Morgan fingerprint density at radius 1 is 0.952 bits per heavy atom. The van der Waals surface area contributed by atoms with Crippen LogP contribution in [0.15, 0.2) is 48.5 Å². The summed E-state index contributed by atoms with van der Waals surface area (Å²) >= 11 is 5.91. The van der Waals surface area contributed by atoms with Gasteiger partial charge < -0.3 is 0 Å². The van der Waals surface area contributed by atoms with E-state index in [1.54, 1.807) is 30.3 Å². The molecule has 0 fully saturated rings. The van der Waals surface area contributed by atoms with Crippen LogP contribution in [0.1, 0.15) is 26.3 Å². The lowest BCUT2D eigenvalue weighted by molar-refractivity contribution is 0.0641. The molecular formula is C16H13ClN2O2. The first-order chi connectivity index (χ1) is 10.2. The van der Waals surface area contributed by atoms with Crippen LogP contribution >= 0.6 is 11.6 Å². The third kappa shape index (κ3) is 2.68. The lowest BCUT2D eigenvalue weighted by Crippen LogP contribution is -2.38. The van der Waals surface area contributed by atoms with Crippen LogP contribution in [0.25, 0.3) is 0 Å². The maximum Gasteiger partial charge on any atom is 0.262 e. The van der Waals surface area contributed by atoms with Crippen LogP contribution in [0.4, 0.5) is 0 Å². The number of rotatable bonds is 4. The number of carbonyl (C=O) groups excluding carboxylic acids is 2. The fourth-order valence-corrected chi connectivity index (χ4v) is 2.55. The Morgan fingerprint density at radius 3 is 2.24 bits per heavy atom. The quantitative estimate of drug-likeness (QED) is 0.883. The normalized spacial score (nSPS) is 13.7. The number of imide groups is 1. The molecule has 0 unspecified atom stereocenters. The number of amides is 2. The molecule has 2 aromatic carbocycles. The Hall–Kier alpha value is -2.17. The van der Waals surface area contributed by atoms with Crippen LogP contribution in [0.2, 0.25) is 5.02 Å². The van der Waals surface area contributed by atoms with Gasteiger partial charge in [0.15, 0.2) is 0 Å². The minimum absolute atomic E-state index is 0.179. The molecule has 1 N–H and O–H groups in total. The van der Waals surface area contributed by atoms with Gasteiger partial charge in [-0.05, 0) is 29.8 Å². The van der Waals surface area contributed by atoms with E-state index >= 15 is 0 Å². The van der Waals surface area contributed by atoms with Crippen molar-refractivity contribution in [3.05, 3.63) is 70.2 Å². The monoisotopic (exact) mass is 300 g/mol. The van der Waals surface area contributed by atoms with E-state index in [1.165, 1.54) is 4.90 Å². The molecule has 0 spiro atoms. The summed E-state index contributed by atoms with van der Waals surface area (Å²) in [6, 6.07) is 14.3. The predicted octanol–water partition coefficient (Wildman–Crippen LogP) is 2.68. The minimum atomic E-state index is -0.255. The SMILES string of the molecule is O=C1c2ccccc2C(=O)N1CNCc1cccc(Cl)c1. The van der Waals surface area contributed by atoms with E-state index in [-0.39, 0.29) is 18.5 Å². The molecule has 1 aliphatic rings. The molecule has 2 amide bonds. The van der Waals surface area contributed by atoms with Gasteiger partial charge in [0.05, 0.1) is 17.8 Å². The molecular weight excluding hydrogens is 288 g/mol. The van der Waals surface area contributed by atoms with Gasteiger partial charge in [-0.1, -0.05) is 35.9 Å². The van der Waals surface area contributed by atoms with Gasteiger partial charge >= 0.3 is 0 Å². The topological polar surface area (TPSA) is 49.4 Å². The Bertz CT molecular complexity index is 680. The number of halogens is 1. The van der Waals surface area contributed by atoms with E-state index in [4.69, 9.17) is 11.6 Å². The summed E-state index contributed by atoms with van der Waals surface area (Å²) in [5.41, 5.74) is 1.93. The Balaban J connectivity index is 1.65. The van der Waals surface area contributed by atoms with Gasteiger partial charge in [0.2, 0.25) is 0 Å². The molecule has 0 atom stereocenters. The van der Waals surface area contributed by atoms with E-state index in [2.05, 4.69) is 5.32 Å². The minimum Gasteiger partial charge on any atom is -0.295 e. The number of nitrogens with one attached hydrogen (secondary N) is 1. The third-order valence-corrected chi connectivity index (χ3v) is 3.60. The summed E-state index contributed by atoms with van der Waals surface area (Å²) in [5.74, 6) is -0.511. The van der Waals surface area contributed by atoms with Crippen molar-refractivity contribution in [3.8, 4) is 0 Å². The molecule has 1 heterocycles. The molecule has 106 valence electrons. The second-order valence-corrected chi connectivity index (χ2v) is 5.24. The first-order valence-corrected chi connectivity index (χ1v) is 6.95. The first kappa shape index (κ1) is 13.8. The van der Waals surface area contributed by atoms with Crippen LogP contribution in [-0.2, 0) is 6.54 Å². The number of nitrogens with zero attached hydrogens (tertiary/aromatic N) is 1. The van der Waals surface area contributed by atoms with Crippen LogP contribution in [0, 0.1) is 0 Å².